The zero-order valence-corrected chi connectivity index (χ0v) is 18.4. The Morgan fingerprint density at radius 1 is 1.24 bits per heavy atom. The van der Waals surface area contributed by atoms with Gasteiger partial charge in [-0.2, -0.15) is 8.78 Å². The van der Waals surface area contributed by atoms with E-state index >= 15 is 8.78 Å². The highest BCUT2D eigenvalue weighted by Crippen LogP contribution is 2.63. The lowest BCUT2D eigenvalue weighted by Crippen LogP contribution is -2.54. The number of methoxy groups -OCH3 is 1. The molecular weight excluding hydrogens is 390 g/mol. The highest BCUT2D eigenvalue weighted by Gasteiger charge is 2.68. The van der Waals surface area contributed by atoms with Crippen molar-refractivity contribution in [3.63, 3.8) is 0 Å². The van der Waals surface area contributed by atoms with Crippen molar-refractivity contribution in [3.8, 4) is 5.75 Å². The van der Waals surface area contributed by atoms with Crippen LogP contribution >= 0.6 is 11.8 Å². The average molecular weight is 419 g/mol. The SMILES string of the molecule is CCC(C)C/C=C/c1cc(OC)c(C2(O)c3cccc(SC)c3C2(F)F)cc1C. The molecule has 29 heavy (non-hydrogen) atoms. The number of allylic oxidation sites excluding steroid dienone is 1. The van der Waals surface area contributed by atoms with Gasteiger partial charge in [-0.05, 0) is 54.8 Å². The Balaban J connectivity index is 2.08. The number of thioether (sulfide) groups is 1. The Labute approximate surface area is 176 Å². The molecule has 0 aromatic heterocycles. The van der Waals surface area contributed by atoms with Crippen molar-refractivity contribution in [2.45, 2.75) is 50.0 Å². The third-order valence-electron chi connectivity index (χ3n) is 5.92. The van der Waals surface area contributed by atoms with E-state index in [1.165, 1.54) is 18.9 Å². The molecule has 2 unspecified atom stereocenters. The topological polar surface area (TPSA) is 29.5 Å². The minimum Gasteiger partial charge on any atom is -0.496 e. The summed E-state index contributed by atoms with van der Waals surface area (Å²) in [4.78, 5) is 0.484. The van der Waals surface area contributed by atoms with Gasteiger partial charge >= 0.3 is 5.92 Å². The van der Waals surface area contributed by atoms with Crippen LogP contribution in [0.15, 0.2) is 41.3 Å². The molecule has 1 N–H and O–H groups in total. The highest BCUT2D eigenvalue weighted by molar-refractivity contribution is 7.98. The highest BCUT2D eigenvalue weighted by atomic mass is 32.2. The number of fused-ring (bicyclic) bond motifs is 1. The maximum Gasteiger partial charge on any atom is 0.311 e. The van der Waals surface area contributed by atoms with Crippen LogP contribution in [0.1, 0.15) is 54.5 Å². The van der Waals surface area contributed by atoms with Crippen molar-refractivity contribution in [3.05, 3.63) is 64.2 Å². The monoisotopic (exact) mass is 418 g/mol. The number of benzene rings is 2. The van der Waals surface area contributed by atoms with E-state index in [0.29, 0.717) is 10.8 Å². The summed E-state index contributed by atoms with van der Waals surface area (Å²) >= 11 is 1.26. The van der Waals surface area contributed by atoms with Gasteiger partial charge in [0, 0.05) is 21.6 Å². The van der Waals surface area contributed by atoms with Crippen LogP contribution in [0.3, 0.4) is 0 Å². The molecule has 2 nitrogen and oxygen atoms in total. The van der Waals surface area contributed by atoms with Crippen molar-refractivity contribution in [1.82, 2.24) is 0 Å². The fourth-order valence-corrected chi connectivity index (χ4v) is 4.51. The number of aryl methyl sites for hydroxylation is 1. The van der Waals surface area contributed by atoms with Gasteiger partial charge in [-0.1, -0.05) is 44.6 Å². The first-order valence-electron chi connectivity index (χ1n) is 9.86. The van der Waals surface area contributed by atoms with Crippen molar-refractivity contribution < 1.29 is 18.6 Å². The molecule has 0 saturated heterocycles. The van der Waals surface area contributed by atoms with Crippen LogP contribution in [0.25, 0.3) is 6.08 Å². The lowest BCUT2D eigenvalue weighted by atomic mass is 9.65. The molecule has 0 heterocycles. The fourth-order valence-electron chi connectivity index (χ4n) is 3.86. The minimum atomic E-state index is -3.39. The molecule has 2 aromatic carbocycles. The molecule has 0 spiro atoms. The van der Waals surface area contributed by atoms with Gasteiger partial charge in [0.05, 0.1) is 7.11 Å². The van der Waals surface area contributed by atoms with E-state index in [2.05, 4.69) is 19.9 Å². The normalized spacial score (nSPS) is 21.0. The quantitative estimate of drug-likeness (QED) is 0.519. The van der Waals surface area contributed by atoms with Gasteiger partial charge in [-0.15, -0.1) is 11.8 Å². The molecule has 0 amide bonds. The Bertz CT molecular complexity index is 939. The number of halogens is 2. The van der Waals surface area contributed by atoms with Gasteiger partial charge in [-0.3, -0.25) is 0 Å². The first-order valence-corrected chi connectivity index (χ1v) is 11.1. The van der Waals surface area contributed by atoms with Crippen LogP contribution in [0.4, 0.5) is 8.78 Å². The predicted molar refractivity (Wildman–Crippen MR) is 116 cm³/mol. The van der Waals surface area contributed by atoms with Gasteiger partial charge in [0.15, 0.2) is 5.60 Å². The molecule has 2 aromatic rings. The molecule has 0 radical (unpaired) electrons. The molecule has 0 bridgehead atoms. The number of rotatable bonds is 7. The van der Waals surface area contributed by atoms with Gasteiger partial charge in [-0.25, -0.2) is 0 Å². The predicted octanol–water partition coefficient (Wildman–Crippen LogP) is 6.52. The molecular formula is C24H28F2O2S. The molecule has 3 rings (SSSR count). The van der Waals surface area contributed by atoms with Crippen LogP contribution in [-0.2, 0) is 11.5 Å². The van der Waals surface area contributed by atoms with Crippen molar-refractivity contribution in [2.75, 3.05) is 13.4 Å². The van der Waals surface area contributed by atoms with Crippen molar-refractivity contribution >= 4 is 17.8 Å². The largest absolute Gasteiger partial charge is 0.496 e. The number of alkyl halides is 2. The van der Waals surface area contributed by atoms with E-state index in [-0.39, 0.29) is 22.4 Å². The number of aliphatic hydroxyl groups is 1. The second kappa shape index (κ2) is 8.11. The minimum absolute atomic E-state index is 0.0905. The summed E-state index contributed by atoms with van der Waals surface area (Å²) in [5.41, 5.74) is -0.423. The Morgan fingerprint density at radius 2 is 1.97 bits per heavy atom. The molecule has 0 fully saturated rings. The summed E-state index contributed by atoms with van der Waals surface area (Å²) in [6.07, 6.45) is 7.91. The maximum atomic E-state index is 15.3. The lowest BCUT2D eigenvalue weighted by molar-refractivity contribution is -0.205. The lowest BCUT2D eigenvalue weighted by Gasteiger charge is -2.48. The molecule has 1 aliphatic carbocycles. The third-order valence-corrected chi connectivity index (χ3v) is 6.70. The van der Waals surface area contributed by atoms with Gasteiger partial charge in [0.1, 0.15) is 5.75 Å². The van der Waals surface area contributed by atoms with Gasteiger partial charge in [0.25, 0.3) is 0 Å². The average Bonchev–Trinajstić information content (AvgIpc) is 2.73. The van der Waals surface area contributed by atoms with E-state index in [1.54, 1.807) is 36.6 Å². The second-order valence-electron chi connectivity index (χ2n) is 7.73. The molecule has 156 valence electrons. The van der Waals surface area contributed by atoms with E-state index in [1.807, 2.05) is 13.0 Å². The third kappa shape index (κ3) is 3.38. The maximum absolute atomic E-state index is 15.3. The van der Waals surface area contributed by atoms with E-state index in [4.69, 9.17) is 4.74 Å². The van der Waals surface area contributed by atoms with Crippen molar-refractivity contribution in [1.29, 1.82) is 0 Å². The first kappa shape index (κ1) is 21.8. The Morgan fingerprint density at radius 3 is 2.59 bits per heavy atom. The van der Waals surface area contributed by atoms with Crippen LogP contribution < -0.4 is 4.74 Å². The summed E-state index contributed by atoms with van der Waals surface area (Å²) in [7, 11) is 1.44. The summed E-state index contributed by atoms with van der Waals surface area (Å²) in [6, 6.07) is 8.30. The summed E-state index contributed by atoms with van der Waals surface area (Å²) in [6.45, 7) is 6.21. The number of hydrogen-bond acceptors (Lipinski definition) is 3. The van der Waals surface area contributed by atoms with Crippen LogP contribution in [0.2, 0.25) is 0 Å². The van der Waals surface area contributed by atoms with Gasteiger partial charge in [0.2, 0.25) is 0 Å². The van der Waals surface area contributed by atoms with Crippen LogP contribution in [0, 0.1) is 12.8 Å². The smallest absolute Gasteiger partial charge is 0.311 e. The molecule has 2 atom stereocenters. The molecule has 5 heteroatoms. The Hall–Kier alpha value is -1.85. The summed E-state index contributed by atoms with van der Waals surface area (Å²) in [5.74, 6) is -2.54. The zero-order valence-electron chi connectivity index (χ0n) is 17.6. The standard InChI is InChI=1S/C24H28F2O2S/c1-6-15(2)9-7-10-17-14-20(28-4)19(13-16(17)3)23(27)18-11-8-12-21(29-5)22(18)24(23,25)26/h7-8,10-15,27H,6,9H2,1-5H3/b10-7+. The number of hydrogen-bond donors (Lipinski definition) is 1. The summed E-state index contributed by atoms with van der Waals surface area (Å²) < 4.78 is 36.0. The van der Waals surface area contributed by atoms with E-state index in [9.17, 15) is 5.11 Å². The fraction of sp³-hybridized carbons (Fsp3) is 0.417. The second-order valence-corrected chi connectivity index (χ2v) is 8.58. The molecule has 0 saturated carbocycles. The zero-order chi connectivity index (χ0) is 21.4. The van der Waals surface area contributed by atoms with Crippen LogP contribution in [-0.4, -0.2) is 18.5 Å². The van der Waals surface area contributed by atoms with Crippen molar-refractivity contribution in [2.24, 2.45) is 5.92 Å². The number of ether oxygens (including phenoxy) is 1. The molecule has 0 aliphatic heterocycles. The molecule has 1 aliphatic rings. The summed E-state index contributed by atoms with van der Waals surface area (Å²) in [5, 5.41) is 11.2. The first-order chi connectivity index (χ1) is 13.7. The van der Waals surface area contributed by atoms with E-state index in [0.717, 1.165) is 24.0 Å². The Kier molecular flexibility index (Phi) is 6.11. The van der Waals surface area contributed by atoms with Gasteiger partial charge < -0.3 is 9.84 Å². The van der Waals surface area contributed by atoms with Crippen LogP contribution in [0.5, 0.6) is 5.75 Å². The van der Waals surface area contributed by atoms with E-state index < -0.39 is 11.5 Å².